The first kappa shape index (κ1) is 13.8. The van der Waals surface area contributed by atoms with Crippen LogP contribution in [0.3, 0.4) is 0 Å². The Kier molecular flexibility index (Phi) is 7.03. The molecule has 0 atom stereocenters. The zero-order valence-electron chi connectivity index (χ0n) is 7.78. The maximum Gasteiger partial charge on any atom is 0 e. The summed E-state index contributed by atoms with van der Waals surface area (Å²) >= 11 is 0. The first-order chi connectivity index (χ1) is 5.97. The monoisotopic (exact) mass is 344 g/mol. The van der Waals surface area contributed by atoms with Gasteiger partial charge in [0.25, 0.3) is 0 Å². The fourth-order valence-electron chi connectivity index (χ4n) is 1.19. The van der Waals surface area contributed by atoms with Crippen LogP contribution in [-0.4, -0.2) is 0 Å². The van der Waals surface area contributed by atoms with E-state index in [0.717, 1.165) is 5.56 Å². The van der Waals surface area contributed by atoms with Crippen LogP contribution in [0.1, 0.15) is 0 Å². The molecular weight excluding hydrogens is 336 g/mol. The second-order valence-electron chi connectivity index (χ2n) is 2.64. The van der Waals surface area contributed by atoms with E-state index in [-0.39, 0.29) is 43.5 Å². The molecule has 0 unspecified atom stereocenters. The molecule has 2 aromatic carbocycles. The van der Waals surface area contributed by atoms with Crippen LogP contribution in [0.15, 0.2) is 54.6 Å². The van der Waals surface area contributed by atoms with Crippen LogP contribution < -0.4 is 24.0 Å². The molecule has 0 heterocycles. The maximum absolute atomic E-state index is 3.18. The Morgan fingerprint density at radius 2 is 1.43 bits per heavy atom. The van der Waals surface area contributed by atoms with Crippen LogP contribution in [-0.2, 0) is 19.5 Å². The van der Waals surface area contributed by atoms with E-state index in [0.29, 0.717) is 0 Å². The van der Waals surface area contributed by atoms with Gasteiger partial charge in [-0.05, 0) is 17.2 Å². The quantitative estimate of drug-likeness (QED) is 0.510. The Labute approximate surface area is 115 Å². The summed E-state index contributed by atoms with van der Waals surface area (Å²) in [6.45, 7) is 0. The summed E-state index contributed by atoms with van der Waals surface area (Å²) in [5.74, 6) is 0. The summed E-state index contributed by atoms with van der Waals surface area (Å²) in [5, 5.41) is 0. The Hall–Kier alpha value is -0.207. The molecule has 2 heteroatoms. The van der Waals surface area contributed by atoms with E-state index in [1.54, 1.807) is 0 Å². The fraction of sp³-hybridized carbons (Fsp3) is 0. The molecular formula is C12H9IZn-. The van der Waals surface area contributed by atoms with Gasteiger partial charge in [-0.2, -0.15) is 0 Å². The van der Waals surface area contributed by atoms with Gasteiger partial charge in [-0.3, -0.25) is 0 Å². The molecule has 0 saturated heterocycles. The van der Waals surface area contributed by atoms with Crippen molar-refractivity contribution in [2.24, 2.45) is 0 Å². The fourth-order valence-corrected chi connectivity index (χ4v) is 1.19. The largest absolute Gasteiger partial charge is 1.00 e. The van der Waals surface area contributed by atoms with E-state index in [1.165, 1.54) is 5.56 Å². The number of benzene rings is 2. The Morgan fingerprint density at radius 3 is 2.00 bits per heavy atom. The third kappa shape index (κ3) is 3.51. The molecule has 0 spiro atoms. The Bertz CT molecular complexity index is 308. The molecule has 0 bridgehead atoms. The molecule has 0 aliphatic heterocycles. The minimum atomic E-state index is 0. The summed E-state index contributed by atoms with van der Waals surface area (Å²) in [6.07, 6.45) is 0. The van der Waals surface area contributed by atoms with Gasteiger partial charge < -0.3 is 24.0 Å². The van der Waals surface area contributed by atoms with Gasteiger partial charge in [0.2, 0.25) is 0 Å². The molecule has 0 N–H and O–H groups in total. The van der Waals surface area contributed by atoms with Crippen molar-refractivity contribution in [3.8, 4) is 11.1 Å². The average molecular weight is 345 g/mol. The van der Waals surface area contributed by atoms with Crippen molar-refractivity contribution >= 4 is 0 Å². The normalized spacial score (nSPS) is 8.29. The number of rotatable bonds is 1. The smallest absolute Gasteiger partial charge is 0 e. The van der Waals surface area contributed by atoms with E-state index < -0.39 is 0 Å². The Morgan fingerprint density at radius 1 is 0.786 bits per heavy atom. The van der Waals surface area contributed by atoms with Gasteiger partial charge in [-0.15, -0.1) is 0 Å². The zero-order valence-corrected chi connectivity index (χ0v) is 12.9. The van der Waals surface area contributed by atoms with Gasteiger partial charge in [0, 0.05) is 19.5 Å². The first-order valence-corrected chi connectivity index (χ1v) is 3.99. The van der Waals surface area contributed by atoms with E-state index in [4.69, 9.17) is 0 Å². The predicted octanol–water partition coefficient (Wildman–Crippen LogP) is 0.155. The molecule has 0 saturated carbocycles. The van der Waals surface area contributed by atoms with E-state index in [2.05, 4.69) is 24.3 Å². The SMILES string of the molecule is [I-].[Zn].[c]1ccccc1-c1ccccc1. The van der Waals surface area contributed by atoms with Gasteiger partial charge in [0.15, 0.2) is 0 Å². The summed E-state index contributed by atoms with van der Waals surface area (Å²) in [7, 11) is 0. The van der Waals surface area contributed by atoms with Gasteiger partial charge in [-0.1, -0.05) is 54.6 Å². The van der Waals surface area contributed by atoms with Crippen molar-refractivity contribution in [3.63, 3.8) is 0 Å². The molecule has 0 amide bonds. The summed E-state index contributed by atoms with van der Waals surface area (Å²) in [4.78, 5) is 0. The van der Waals surface area contributed by atoms with Crippen molar-refractivity contribution in [2.75, 3.05) is 0 Å². The molecule has 0 aliphatic carbocycles. The van der Waals surface area contributed by atoms with Crippen LogP contribution in [0.4, 0.5) is 0 Å². The molecule has 2 aromatic rings. The standard InChI is InChI=1S/C12H9.HI.Zn/c1-3-7-11(8-4-1)12-9-5-2-6-10-12;;/h1-9H;1H;/p-1. The molecule has 0 fully saturated rings. The summed E-state index contributed by atoms with van der Waals surface area (Å²) < 4.78 is 0. The zero-order chi connectivity index (χ0) is 8.23. The third-order valence-corrected chi connectivity index (χ3v) is 1.79. The van der Waals surface area contributed by atoms with Crippen LogP contribution >= 0.6 is 0 Å². The minimum Gasteiger partial charge on any atom is -1.00 e. The molecule has 1 radical (unpaired) electrons. The predicted molar refractivity (Wildman–Crippen MR) is 50.7 cm³/mol. The van der Waals surface area contributed by atoms with Crippen LogP contribution in [0.25, 0.3) is 11.1 Å². The Balaban J connectivity index is 0.000000845. The van der Waals surface area contributed by atoms with Crippen LogP contribution in [0, 0.1) is 6.07 Å². The number of halogens is 1. The topological polar surface area (TPSA) is 0 Å². The second kappa shape index (κ2) is 7.13. The van der Waals surface area contributed by atoms with Gasteiger partial charge >= 0.3 is 0 Å². The molecule has 2 rings (SSSR count). The average Bonchev–Trinajstić information content (AvgIpc) is 2.21. The molecule has 67 valence electrons. The van der Waals surface area contributed by atoms with Crippen molar-refractivity contribution in [1.29, 1.82) is 0 Å². The van der Waals surface area contributed by atoms with E-state index in [1.807, 2.05) is 36.4 Å². The van der Waals surface area contributed by atoms with Gasteiger partial charge in [-0.25, -0.2) is 0 Å². The molecule has 14 heavy (non-hydrogen) atoms. The van der Waals surface area contributed by atoms with Crippen molar-refractivity contribution in [2.45, 2.75) is 0 Å². The second-order valence-corrected chi connectivity index (χ2v) is 2.64. The molecule has 0 aromatic heterocycles. The van der Waals surface area contributed by atoms with Crippen molar-refractivity contribution in [3.05, 3.63) is 60.7 Å². The van der Waals surface area contributed by atoms with Crippen molar-refractivity contribution < 1.29 is 43.5 Å². The third-order valence-electron chi connectivity index (χ3n) is 1.79. The van der Waals surface area contributed by atoms with E-state index in [9.17, 15) is 0 Å². The molecule has 0 aliphatic rings. The maximum atomic E-state index is 3.18. The minimum absolute atomic E-state index is 0. The first-order valence-electron chi connectivity index (χ1n) is 3.99. The van der Waals surface area contributed by atoms with Gasteiger partial charge in [0.1, 0.15) is 0 Å². The molecule has 0 nitrogen and oxygen atoms in total. The van der Waals surface area contributed by atoms with Gasteiger partial charge in [0.05, 0.1) is 0 Å². The van der Waals surface area contributed by atoms with Crippen molar-refractivity contribution in [1.82, 2.24) is 0 Å². The number of hydrogen-bond donors (Lipinski definition) is 0. The summed E-state index contributed by atoms with van der Waals surface area (Å²) in [5.41, 5.74) is 2.37. The van der Waals surface area contributed by atoms with E-state index >= 15 is 0 Å². The van der Waals surface area contributed by atoms with Crippen LogP contribution in [0.2, 0.25) is 0 Å². The summed E-state index contributed by atoms with van der Waals surface area (Å²) in [6, 6.07) is 21.5. The van der Waals surface area contributed by atoms with Crippen LogP contribution in [0.5, 0.6) is 0 Å². The number of hydrogen-bond acceptors (Lipinski definition) is 0.